The van der Waals surface area contributed by atoms with Crippen LogP contribution in [0, 0.1) is 17.3 Å². The molecule has 0 aromatic heterocycles. The highest BCUT2D eigenvalue weighted by molar-refractivity contribution is 5.79. The van der Waals surface area contributed by atoms with Crippen molar-refractivity contribution in [3.05, 3.63) is 0 Å². The highest BCUT2D eigenvalue weighted by Gasteiger charge is 2.26. The van der Waals surface area contributed by atoms with Gasteiger partial charge in [-0.05, 0) is 18.8 Å². The van der Waals surface area contributed by atoms with Crippen molar-refractivity contribution in [3.63, 3.8) is 0 Å². The van der Waals surface area contributed by atoms with Crippen LogP contribution < -0.4 is 11.1 Å². The van der Waals surface area contributed by atoms with E-state index in [0.717, 1.165) is 0 Å². The number of aliphatic carboxylic acids is 1. The van der Waals surface area contributed by atoms with Crippen LogP contribution in [-0.2, 0) is 9.59 Å². The van der Waals surface area contributed by atoms with Crippen molar-refractivity contribution < 1.29 is 14.7 Å². The fraction of sp³-hybridized carbons (Fsp3) is 0.846. The predicted octanol–water partition coefficient (Wildman–Crippen LogP) is 1.22. The minimum atomic E-state index is -0.876. The lowest BCUT2D eigenvalue weighted by atomic mass is 9.84. The van der Waals surface area contributed by atoms with E-state index in [-0.39, 0.29) is 29.8 Å². The van der Waals surface area contributed by atoms with Crippen LogP contribution in [0.25, 0.3) is 0 Å². The predicted molar refractivity (Wildman–Crippen MR) is 71.0 cm³/mol. The van der Waals surface area contributed by atoms with Gasteiger partial charge in [0.1, 0.15) is 0 Å². The van der Waals surface area contributed by atoms with Crippen molar-refractivity contribution in [1.82, 2.24) is 5.32 Å². The Morgan fingerprint density at radius 2 is 1.78 bits per heavy atom. The molecule has 0 aromatic carbocycles. The van der Waals surface area contributed by atoms with Gasteiger partial charge in [0.2, 0.25) is 5.91 Å². The summed E-state index contributed by atoms with van der Waals surface area (Å²) in [4.78, 5) is 22.8. The smallest absolute Gasteiger partial charge is 0.308 e. The van der Waals surface area contributed by atoms with Crippen molar-refractivity contribution in [2.45, 2.75) is 47.1 Å². The summed E-state index contributed by atoms with van der Waals surface area (Å²) in [6.45, 7) is 9.59. The Hall–Kier alpha value is -1.10. The lowest BCUT2D eigenvalue weighted by Gasteiger charge is -2.24. The Labute approximate surface area is 109 Å². The molecule has 4 N–H and O–H groups in total. The minimum absolute atomic E-state index is 0.0828. The van der Waals surface area contributed by atoms with E-state index in [2.05, 4.69) is 5.32 Å². The molecule has 3 unspecified atom stereocenters. The van der Waals surface area contributed by atoms with Crippen molar-refractivity contribution >= 4 is 11.9 Å². The van der Waals surface area contributed by atoms with Gasteiger partial charge < -0.3 is 16.2 Å². The van der Waals surface area contributed by atoms with Gasteiger partial charge >= 0.3 is 5.97 Å². The summed E-state index contributed by atoms with van der Waals surface area (Å²) in [5.74, 6) is -1.94. The SMILES string of the molecule is CC(N)C(C)C(=O)NCC(CC(C)(C)C)C(=O)O. The molecule has 0 bridgehead atoms. The van der Waals surface area contributed by atoms with Crippen molar-refractivity contribution in [3.8, 4) is 0 Å². The molecule has 0 aromatic rings. The molecule has 0 rings (SSSR count). The van der Waals surface area contributed by atoms with Crippen molar-refractivity contribution in [2.75, 3.05) is 6.54 Å². The second-order valence-electron chi connectivity index (χ2n) is 6.19. The summed E-state index contributed by atoms with van der Waals surface area (Å²) in [7, 11) is 0. The zero-order chi connectivity index (χ0) is 14.5. The third-order valence-corrected chi connectivity index (χ3v) is 2.93. The number of carboxylic acids is 1. The van der Waals surface area contributed by atoms with Crippen LogP contribution in [0.2, 0.25) is 0 Å². The summed E-state index contributed by atoms with van der Waals surface area (Å²) >= 11 is 0. The Balaban J connectivity index is 4.37. The topological polar surface area (TPSA) is 92.4 Å². The molecule has 0 radical (unpaired) electrons. The van der Waals surface area contributed by atoms with Crippen LogP contribution in [0.15, 0.2) is 0 Å². The van der Waals surface area contributed by atoms with Crippen LogP contribution in [0.4, 0.5) is 0 Å². The van der Waals surface area contributed by atoms with Gasteiger partial charge in [-0.1, -0.05) is 27.7 Å². The number of carboxylic acid groups (broad SMARTS) is 1. The van der Waals surface area contributed by atoms with Gasteiger partial charge in [-0.2, -0.15) is 0 Å². The highest BCUT2D eigenvalue weighted by Crippen LogP contribution is 2.24. The highest BCUT2D eigenvalue weighted by atomic mass is 16.4. The first-order valence-electron chi connectivity index (χ1n) is 6.30. The summed E-state index contributed by atoms with van der Waals surface area (Å²) in [5.41, 5.74) is 5.54. The van der Waals surface area contributed by atoms with Gasteiger partial charge in [-0.3, -0.25) is 9.59 Å². The molecule has 106 valence electrons. The number of amides is 1. The quantitative estimate of drug-likeness (QED) is 0.668. The Morgan fingerprint density at radius 3 is 2.11 bits per heavy atom. The van der Waals surface area contributed by atoms with Gasteiger partial charge in [0.05, 0.1) is 5.92 Å². The van der Waals surface area contributed by atoms with E-state index in [1.807, 2.05) is 20.8 Å². The van der Waals surface area contributed by atoms with Gasteiger partial charge in [-0.25, -0.2) is 0 Å². The van der Waals surface area contributed by atoms with E-state index >= 15 is 0 Å². The standard InChI is InChI=1S/C13H26N2O3/c1-8(9(2)14)11(16)15-7-10(12(17)18)6-13(3,4)5/h8-10H,6-7,14H2,1-5H3,(H,15,16)(H,17,18). The first-order valence-corrected chi connectivity index (χ1v) is 6.30. The molecule has 18 heavy (non-hydrogen) atoms. The van der Waals surface area contributed by atoms with Gasteiger partial charge in [0, 0.05) is 18.5 Å². The average molecular weight is 258 g/mol. The lowest BCUT2D eigenvalue weighted by molar-refractivity contribution is -0.142. The van der Waals surface area contributed by atoms with Crippen molar-refractivity contribution in [1.29, 1.82) is 0 Å². The molecule has 0 spiro atoms. The molecule has 0 heterocycles. The molecule has 0 aliphatic heterocycles. The van der Waals surface area contributed by atoms with Gasteiger partial charge in [0.15, 0.2) is 0 Å². The van der Waals surface area contributed by atoms with E-state index in [0.29, 0.717) is 6.42 Å². The first kappa shape index (κ1) is 16.9. The molecule has 1 amide bonds. The van der Waals surface area contributed by atoms with Crippen LogP contribution >= 0.6 is 0 Å². The van der Waals surface area contributed by atoms with Crippen molar-refractivity contribution in [2.24, 2.45) is 23.0 Å². The molecule has 5 nitrogen and oxygen atoms in total. The zero-order valence-electron chi connectivity index (χ0n) is 12.0. The number of hydrogen-bond donors (Lipinski definition) is 3. The summed E-state index contributed by atoms with van der Waals surface area (Å²) in [6, 6.07) is -0.240. The van der Waals surface area contributed by atoms with E-state index in [4.69, 9.17) is 10.8 Å². The number of carbonyl (C=O) groups is 2. The summed E-state index contributed by atoms with van der Waals surface area (Å²) in [5, 5.41) is 11.8. The Bertz CT molecular complexity index is 295. The number of hydrogen-bond acceptors (Lipinski definition) is 3. The fourth-order valence-corrected chi connectivity index (χ4v) is 1.61. The molecule has 0 saturated heterocycles. The maximum Gasteiger partial charge on any atom is 0.308 e. The average Bonchev–Trinajstić information content (AvgIpc) is 2.20. The largest absolute Gasteiger partial charge is 0.481 e. The Morgan fingerprint density at radius 1 is 1.28 bits per heavy atom. The summed E-state index contributed by atoms with van der Waals surface area (Å²) in [6.07, 6.45) is 0.523. The third-order valence-electron chi connectivity index (χ3n) is 2.93. The van der Waals surface area contributed by atoms with E-state index in [1.54, 1.807) is 13.8 Å². The second kappa shape index (κ2) is 6.73. The number of nitrogens with two attached hydrogens (primary N) is 1. The lowest BCUT2D eigenvalue weighted by Crippen LogP contribution is -2.42. The van der Waals surface area contributed by atoms with E-state index in [1.165, 1.54) is 0 Å². The molecule has 0 fully saturated rings. The molecule has 0 aliphatic rings. The number of nitrogens with one attached hydrogen (secondary N) is 1. The minimum Gasteiger partial charge on any atom is -0.481 e. The first-order chi connectivity index (χ1) is 8.04. The monoisotopic (exact) mass is 258 g/mol. The molecule has 3 atom stereocenters. The molecular weight excluding hydrogens is 232 g/mol. The van der Waals surface area contributed by atoms with Crippen LogP contribution in [0.3, 0.4) is 0 Å². The second-order valence-corrected chi connectivity index (χ2v) is 6.19. The third kappa shape index (κ3) is 6.59. The van der Waals surface area contributed by atoms with Gasteiger partial charge in [-0.15, -0.1) is 0 Å². The van der Waals surface area contributed by atoms with E-state index < -0.39 is 11.9 Å². The molecular formula is C13H26N2O3. The number of carbonyl (C=O) groups excluding carboxylic acids is 1. The van der Waals surface area contributed by atoms with Gasteiger partial charge in [0.25, 0.3) is 0 Å². The van der Waals surface area contributed by atoms with Crippen LogP contribution in [-0.4, -0.2) is 29.6 Å². The fourth-order valence-electron chi connectivity index (χ4n) is 1.61. The van der Waals surface area contributed by atoms with Crippen LogP contribution in [0.5, 0.6) is 0 Å². The van der Waals surface area contributed by atoms with E-state index in [9.17, 15) is 9.59 Å². The van der Waals surface area contributed by atoms with Crippen LogP contribution in [0.1, 0.15) is 41.0 Å². The molecule has 0 aliphatic carbocycles. The molecule has 5 heteroatoms. The number of rotatable bonds is 6. The molecule has 0 saturated carbocycles. The normalized spacial score (nSPS) is 16.8. The zero-order valence-corrected chi connectivity index (χ0v) is 12.0. The summed E-state index contributed by atoms with van der Waals surface area (Å²) < 4.78 is 0. The maximum atomic E-state index is 11.7. The maximum absolute atomic E-state index is 11.7. The Kier molecular flexibility index (Phi) is 6.32.